The number of hydrogen-bond acceptors (Lipinski definition) is 2. The lowest BCUT2D eigenvalue weighted by Crippen LogP contribution is -2.04. The first-order chi connectivity index (χ1) is 8.67. The van der Waals surface area contributed by atoms with Crippen LogP contribution in [0.1, 0.15) is 19.2 Å². The first-order valence-corrected chi connectivity index (χ1v) is 6.14. The van der Waals surface area contributed by atoms with Crippen molar-refractivity contribution in [1.82, 2.24) is 14.8 Å². The molecule has 0 fully saturated rings. The van der Waals surface area contributed by atoms with Crippen LogP contribution in [0.5, 0.6) is 0 Å². The van der Waals surface area contributed by atoms with E-state index in [9.17, 15) is 8.78 Å². The molecular weight excluding hydrogens is 260 g/mol. The lowest BCUT2D eigenvalue weighted by atomic mass is 10.2. The summed E-state index contributed by atoms with van der Waals surface area (Å²) in [7, 11) is 0. The molecule has 0 N–H and O–H groups in total. The van der Waals surface area contributed by atoms with Crippen LogP contribution in [0.2, 0.25) is 0 Å². The number of hydrogen-bond donors (Lipinski definition) is 0. The Balaban J connectivity index is 2.49. The fourth-order valence-electron chi connectivity index (χ4n) is 1.74. The van der Waals surface area contributed by atoms with Crippen LogP contribution in [0.15, 0.2) is 18.2 Å². The Kier molecular flexibility index (Phi) is 3.91. The van der Waals surface area contributed by atoms with Gasteiger partial charge >= 0.3 is 0 Å². The molecule has 18 heavy (non-hydrogen) atoms. The van der Waals surface area contributed by atoms with Gasteiger partial charge in [-0.15, -0.1) is 21.8 Å². The van der Waals surface area contributed by atoms with Crippen molar-refractivity contribution in [2.24, 2.45) is 0 Å². The Hall–Kier alpha value is -1.49. The molecule has 0 bridgehead atoms. The van der Waals surface area contributed by atoms with Gasteiger partial charge in [-0.1, -0.05) is 6.92 Å². The van der Waals surface area contributed by atoms with Crippen LogP contribution in [0, 0.1) is 11.6 Å². The highest BCUT2D eigenvalue weighted by atomic mass is 35.5. The number of halogens is 3. The smallest absolute Gasteiger partial charge is 0.164 e. The SMILES string of the molecule is CCCn1c(CCl)nnc1-c1ccc(F)c(F)c1. The lowest BCUT2D eigenvalue weighted by molar-refractivity contribution is 0.509. The summed E-state index contributed by atoms with van der Waals surface area (Å²) < 4.78 is 27.9. The van der Waals surface area contributed by atoms with Crippen LogP contribution in [0.25, 0.3) is 11.4 Å². The van der Waals surface area contributed by atoms with Gasteiger partial charge in [-0.25, -0.2) is 8.78 Å². The van der Waals surface area contributed by atoms with E-state index < -0.39 is 11.6 Å². The van der Waals surface area contributed by atoms with E-state index in [0.29, 0.717) is 23.8 Å². The number of alkyl halides is 1. The zero-order chi connectivity index (χ0) is 13.1. The molecule has 2 rings (SSSR count). The minimum atomic E-state index is -0.897. The Morgan fingerprint density at radius 1 is 1.22 bits per heavy atom. The molecule has 0 radical (unpaired) electrons. The number of aromatic nitrogens is 3. The fourth-order valence-corrected chi connectivity index (χ4v) is 1.94. The fraction of sp³-hybridized carbons (Fsp3) is 0.333. The minimum absolute atomic E-state index is 0.233. The molecular formula is C12H12ClF2N3. The zero-order valence-corrected chi connectivity index (χ0v) is 10.6. The summed E-state index contributed by atoms with van der Waals surface area (Å²) in [6.07, 6.45) is 0.874. The number of nitrogens with zero attached hydrogens (tertiary/aromatic N) is 3. The van der Waals surface area contributed by atoms with E-state index in [1.807, 2.05) is 11.5 Å². The summed E-state index contributed by atoms with van der Waals surface area (Å²) in [4.78, 5) is 0. The van der Waals surface area contributed by atoms with E-state index in [1.54, 1.807) is 0 Å². The third-order valence-electron chi connectivity index (χ3n) is 2.57. The van der Waals surface area contributed by atoms with Crippen molar-refractivity contribution in [3.05, 3.63) is 35.7 Å². The van der Waals surface area contributed by atoms with Gasteiger partial charge in [-0.05, 0) is 24.6 Å². The van der Waals surface area contributed by atoms with Crippen molar-refractivity contribution in [2.75, 3.05) is 0 Å². The molecule has 6 heteroatoms. The highest BCUT2D eigenvalue weighted by Gasteiger charge is 2.14. The summed E-state index contributed by atoms with van der Waals surface area (Å²) in [5.74, 6) is -0.412. The van der Waals surface area contributed by atoms with E-state index in [1.165, 1.54) is 6.07 Å². The van der Waals surface area contributed by atoms with Crippen LogP contribution in [0.3, 0.4) is 0 Å². The molecule has 96 valence electrons. The normalized spacial score (nSPS) is 10.9. The van der Waals surface area contributed by atoms with E-state index in [4.69, 9.17) is 11.6 Å². The zero-order valence-electron chi connectivity index (χ0n) is 9.83. The number of benzene rings is 1. The summed E-state index contributed by atoms with van der Waals surface area (Å²) >= 11 is 5.77. The topological polar surface area (TPSA) is 30.7 Å². The second-order valence-corrected chi connectivity index (χ2v) is 4.12. The maximum absolute atomic E-state index is 13.2. The maximum atomic E-state index is 13.2. The van der Waals surface area contributed by atoms with Gasteiger partial charge in [0, 0.05) is 12.1 Å². The summed E-state index contributed by atoms with van der Waals surface area (Å²) in [6.45, 7) is 2.69. The molecule has 0 spiro atoms. The standard InChI is InChI=1S/C12H12ClF2N3/c1-2-5-18-11(7-13)16-17-12(18)8-3-4-9(14)10(15)6-8/h3-4,6H,2,5,7H2,1H3. The van der Waals surface area contributed by atoms with Gasteiger partial charge < -0.3 is 4.57 Å². The van der Waals surface area contributed by atoms with Crippen molar-refractivity contribution < 1.29 is 8.78 Å². The Bertz CT molecular complexity index is 554. The molecule has 0 amide bonds. The van der Waals surface area contributed by atoms with Crippen LogP contribution < -0.4 is 0 Å². The van der Waals surface area contributed by atoms with Crippen LogP contribution >= 0.6 is 11.6 Å². The van der Waals surface area contributed by atoms with Gasteiger partial charge in [0.1, 0.15) is 5.82 Å². The predicted octanol–water partition coefficient (Wildman–Crippen LogP) is 3.37. The van der Waals surface area contributed by atoms with Gasteiger partial charge in [-0.3, -0.25) is 0 Å². The molecule has 1 aromatic carbocycles. The first kappa shape index (κ1) is 13.0. The Morgan fingerprint density at radius 2 is 2.00 bits per heavy atom. The van der Waals surface area contributed by atoms with E-state index >= 15 is 0 Å². The summed E-state index contributed by atoms with van der Waals surface area (Å²) in [6, 6.07) is 3.67. The number of rotatable bonds is 4. The van der Waals surface area contributed by atoms with Crippen LogP contribution in [0.4, 0.5) is 8.78 Å². The summed E-state index contributed by atoms with van der Waals surface area (Å²) in [5, 5.41) is 7.93. The van der Waals surface area contributed by atoms with Gasteiger partial charge in [0.05, 0.1) is 5.88 Å². The summed E-state index contributed by atoms with van der Waals surface area (Å²) in [5.41, 5.74) is 0.492. The molecule has 1 heterocycles. The lowest BCUT2D eigenvalue weighted by Gasteiger charge is -2.07. The van der Waals surface area contributed by atoms with Gasteiger partial charge in [0.15, 0.2) is 17.5 Å². The average Bonchev–Trinajstić information content (AvgIpc) is 2.76. The first-order valence-electron chi connectivity index (χ1n) is 5.60. The molecule has 1 aromatic heterocycles. The molecule has 0 aliphatic carbocycles. The van der Waals surface area contributed by atoms with Gasteiger partial charge in [0.25, 0.3) is 0 Å². The van der Waals surface area contributed by atoms with Crippen LogP contribution in [-0.2, 0) is 12.4 Å². The average molecular weight is 272 g/mol. The third-order valence-corrected chi connectivity index (χ3v) is 2.81. The predicted molar refractivity (Wildman–Crippen MR) is 65.2 cm³/mol. The van der Waals surface area contributed by atoms with Gasteiger partial charge in [-0.2, -0.15) is 0 Å². The van der Waals surface area contributed by atoms with Crippen molar-refractivity contribution >= 4 is 11.6 Å². The molecule has 0 atom stereocenters. The quantitative estimate of drug-likeness (QED) is 0.798. The highest BCUT2D eigenvalue weighted by Crippen LogP contribution is 2.21. The molecule has 0 aliphatic heterocycles. The van der Waals surface area contributed by atoms with E-state index in [-0.39, 0.29) is 5.88 Å². The third kappa shape index (κ3) is 2.36. The molecule has 0 saturated carbocycles. The largest absolute Gasteiger partial charge is 0.310 e. The molecule has 0 saturated heterocycles. The highest BCUT2D eigenvalue weighted by molar-refractivity contribution is 6.16. The molecule has 0 unspecified atom stereocenters. The maximum Gasteiger partial charge on any atom is 0.164 e. The van der Waals surface area contributed by atoms with Gasteiger partial charge in [0.2, 0.25) is 0 Å². The molecule has 3 nitrogen and oxygen atoms in total. The van der Waals surface area contributed by atoms with Crippen molar-refractivity contribution in [2.45, 2.75) is 25.8 Å². The second kappa shape index (κ2) is 5.44. The monoisotopic (exact) mass is 271 g/mol. The van der Waals surface area contributed by atoms with Crippen molar-refractivity contribution in [1.29, 1.82) is 0 Å². The van der Waals surface area contributed by atoms with Crippen molar-refractivity contribution in [3.63, 3.8) is 0 Å². The second-order valence-electron chi connectivity index (χ2n) is 3.85. The Morgan fingerprint density at radius 3 is 2.61 bits per heavy atom. The minimum Gasteiger partial charge on any atom is -0.310 e. The van der Waals surface area contributed by atoms with Crippen LogP contribution in [-0.4, -0.2) is 14.8 Å². The Labute approximate surface area is 108 Å². The van der Waals surface area contributed by atoms with E-state index in [0.717, 1.165) is 18.6 Å². The van der Waals surface area contributed by atoms with Crippen molar-refractivity contribution in [3.8, 4) is 11.4 Å². The molecule has 0 aliphatic rings. The van der Waals surface area contributed by atoms with E-state index in [2.05, 4.69) is 10.2 Å². The molecule has 2 aromatic rings.